The molecule has 7 heteroatoms. The first-order valence-electron chi connectivity index (χ1n) is 11.7. The molecule has 3 N–H and O–H groups in total. The van der Waals surface area contributed by atoms with Gasteiger partial charge in [0.2, 0.25) is 11.8 Å². The topological polar surface area (TPSA) is 100 Å². The fourth-order valence-electron chi connectivity index (χ4n) is 4.24. The van der Waals surface area contributed by atoms with Gasteiger partial charge >= 0.3 is 0 Å². The van der Waals surface area contributed by atoms with E-state index < -0.39 is 0 Å². The molecule has 180 valence electrons. The number of aromatic nitrogens is 2. The van der Waals surface area contributed by atoms with Crippen LogP contribution in [0.2, 0.25) is 0 Å². The van der Waals surface area contributed by atoms with Gasteiger partial charge in [-0.05, 0) is 49.7 Å². The Hall–Kier alpha value is -4.65. The maximum absolute atomic E-state index is 12.7. The average molecular weight is 479 g/mol. The molecule has 0 fully saturated rings. The zero-order valence-electron chi connectivity index (χ0n) is 20.1. The van der Waals surface area contributed by atoms with Gasteiger partial charge in [0.25, 0.3) is 5.91 Å². The fraction of sp³-hybridized carbons (Fsp3) is 0.138. The number of amides is 2. The highest BCUT2D eigenvalue weighted by atomic mass is 16.4. The van der Waals surface area contributed by atoms with Gasteiger partial charge in [0.05, 0.1) is 24.2 Å². The quantitative estimate of drug-likeness (QED) is 0.285. The molecule has 0 saturated carbocycles. The number of hydrogen-bond donors (Lipinski definition) is 3. The number of anilines is 1. The summed E-state index contributed by atoms with van der Waals surface area (Å²) in [4.78, 5) is 33.4. The Kier molecular flexibility index (Phi) is 6.36. The lowest BCUT2D eigenvalue weighted by molar-refractivity contribution is -0.120. The van der Waals surface area contributed by atoms with Crippen LogP contribution in [0.4, 0.5) is 5.69 Å². The van der Waals surface area contributed by atoms with E-state index in [1.165, 1.54) is 0 Å². The Bertz CT molecular complexity index is 1550. The molecule has 0 saturated heterocycles. The molecule has 0 aliphatic heterocycles. The first kappa shape index (κ1) is 23.1. The molecule has 0 atom stereocenters. The number of nitrogens with one attached hydrogen (secondary N) is 3. The summed E-state index contributed by atoms with van der Waals surface area (Å²) in [6, 6.07) is 24.3. The summed E-state index contributed by atoms with van der Waals surface area (Å²) in [7, 11) is 0. The minimum Gasteiger partial charge on any atom is -0.441 e. The first-order chi connectivity index (χ1) is 17.5. The van der Waals surface area contributed by atoms with Crippen molar-refractivity contribution >= 4 is 28.4 Å². The van der Waals surface area contributed by atoms with Crippen molar-refractivity contribution in [3.05, 3.63) is 107 Å². The number of fused-ring (bicyclic) bond motifs is 1. The summed E-state index contributed by atoms with van der Waals surface area (Å²) in [5, 5.41) is 6.95. The summed E-state index contributed by atoms with van der Waals surface area (Å²) < 4.78 is 5.92. The number of aryl methyl sites for hydroxylation is 2. The molecule has 5 aromatic rings. The van der Waals surface area contributed by atoms with Gasteiger partial charge in [-0.3, -0.25) is 9.59 Å². The molecule has 0 aliphatic rings. The van der Waals surface area contributed by atoms with Crippen molar-refractivity contribution in [2.45, 2.75) is 26.8 Å². The van der Waals surface area contributed by atoms with E-state index in [1.807, 2.05) is 74.5 Å². The van der Waals surface area contributed by atoms with E-state index in [4.69, 9.17) is 4.42 Å². The molecule has 0 spiro atoms. The predicted molar refractivity (Wildman–Crippen MR) is 140 cm³/mol. The smallest absolute Gasteiger partial charge is 0.255 e. The summed E-state index contributed by atoms with van der Waals surface area (Å²) in [6.45, 7) is 4.03. The Morgan fingerprint density at radius 1 is 0.917 bits per heavy atom. The molecular formula is C29H26N4O3. The number of aromatic amines is 1. The molecule has 5 rings (SSSR count). The lowest BCUT2D eigenvalue weighted by atomic mass is 10.1. The third-order valence-electron chi connectivity index (χ3n) is 6.15. The highest BCUT2D eigenvalue weighted by molar-refractivity contribution is 6.06. The van der Waals surface area contributed by atoms with Crippen LogP contribution in [0.5, 0.6) is 0 Å². The van der Waals surface area contributed by atoms with Crippen LogP contribution in [0.15, 0.2) is 83.3 Å². The number of carbonyl (C=O) groups is 2. The molecular weight excluding hydrogens is 452 g/mol. The number of rotatable bonds is 7. The lowest BCUT2D eigenvalue weighted by Gasteiger charge is -2.08. The van der Waals surface area contributed by atoms with Gasteiger partial charge in [0.1, 0.15) is 11.5 Å². The second-order valence-electron chi connectivity index (χ2n) is 8.62. The molecule has 2 amide bonds. The van der Waals surface area contributed by atoms with Crippen molar-refractivity contribution in [2.24, 2.45) is 0 Å². The van der Waals surface area contributed by atoms with Crippen LogP contribution in [-0.2, 0) is 17.8 Å². The maximum Gasteiger partial charge on any atom is 0.255 e. The Morgan fingerprint density at radius 3 is 2.47 bits per heavy atom. The average Bonchev–Trinajstić information content (AvgIpc) is 3.42. The Morgan fingerprint density at radius 2 is 1.64 bits per heavy atom. The van der Waals surface area contributed by atoms with E-state index in [0.29, 0.717) is 34.2 Å². The molecule has 36 heavy (non-hydrogen) atoms. The SMILES string of the molecule is Cc1[nH]c2ccccc2c1CC(=O)NCc1nc(-c2ccccc2NC(=O)c2ccccc2)oc1C. The summed E-state index contributed by atoms with van der Waals surface area (Å²) in [6.07, 6.45) is 0.272. The number of H-pyrrole nitrogens is 1. The van der Waals surface area contributed by atoms with Crippen LogP contribution in [0.25, 0.3) is 22.4 Å². The lowest BCUT2D eigenvalue weighted by Crippen LogP contribution is -2.25. The minimum atomic E-state index is -0.216. The van der Waals surface area contributed by atoms with Gasteiger partial charge in [0, 0.05) is 22.2 Å². The van der Waals surface area contributed by atoms with E-state index in [-0.39, 0.29) is 24.8 Å². The van der Waals surface area contributed by atoms with E-state index in [0.717, 1.165) is 22.2 Å². The van der Waals surface area contributed by atoms with Crippen LogP contribution in [0.3, 0.4) is 0 Å². The second kappa shape index (κ2) is 9.92. The van der Waals surface area contributed by atoms with E-state index in [9.17, 15) is 9.59 Å². The monoisotopic (exact) mass is 478 g/mol. The molecule has 0 unspecified atom stereocenters. The normalized spacial score (nSPS) is 10.9. The number of para-hydroxylation sites is 2. The van der Waals surface area contributed by atoms with Crippen LogP contribution < -0.4 is 10.6 Å². The fourth-order valence-corrected chi connectivity index (χ4v) is 4.24. The van der Waals surface area contributed by atoms with Crippen molar-refractivity contribution in [3.63, 3.8) is 0 Å². The van der Waals surface area contributed by atoms with Gasteiger partial charge in [-0.25, -0.2) is 4.98 Å². The molecule has 0 aliphatic carbocycles. The van der Waals surface area contributed by atoms with Gasteiger partial charge in [-0.15, -0.1) is 0 Å². The van der Waals surface area contributed by atoms with Crippen molar-refractivity contribution in [1.29, 1.82) is 0 Å². The van der Waals surface area contributed by atoms with Gasteiger partial charge < -0.3 is 20.0 Å². The highest BCUT2D eigenvalue weighted by Crippen LogP contribution is 2.29. The molecule has 7 nitrogen and oxygen atoms in total. The first-order valence-corrected chi connectivity index (χ1v) is 11.7. The van der Waals surface area contributed by atoms with Crippen molar-refractivity contribution < 1.29 is 14.0 Å². The van der Waals surface area contributed by atoms with Crippen molar-refractivity contribution in [3.8, 4) is 11.5 Å². The predicted octanol–water partition coefficient (Wildman–Crippen LogP) is 5.55. The molecule has 0 bridgehead atoms. The van der Waals surface area contributed by atoms with Gasteiger partial charge in [0.15, 0.2) is 0 Å². The Balaban J connectivity index is 1.29. The minimum absolute atomic E-state index is 0.0951. The number of oxazole rings is 1. The zero-order chi connectivity index (χ0) is 25.1. The third-order valence-corrected chi connectivity index (χ3v) is 6.15. The van der Waals surface area contributed by atoms with Crippen LogP contribution >= 0.6 is 0 Å². The van der Waals surface area contributed by atoms with E-state index in [1.54, 1.807) is 18.2 Å². The molecule has 0 radical (unpaired) electrons. The maximum atomic E-state index is 12.7. The Labute approximate surface area is 208 Å². The van der Waals surface area contributed by atoms with Gasteiger partial charge in [-0.2, -0.15) is 0 Å². The molecule has 2 aromatic heterocycles. The van der Waals surface area contributed by atoms with E-state index in [2.05, 4.69) is 20.6 Å². The number of hydrogen-bond acceptors (Lipinski definition) is 4. The second-order valence-corrected chi connectivity index (χ2v) is 8.62. The van der Waals surface area contributed by atoms with Crippen molar-refractivity contribution in [1.82, 2.24) is 15.3 Å². The standard InChI is InChI=1S/C29H26N4O3/c1-18-23(21-12-6-8-14-24(21)31-18)16-27(34)30-17-26-19(2)36-29(33-26)22-13-7-9-15-25(22)32-28(35)20-10-4-3-5-11-20/h3-15,31H,16-17H2,1-2H3,(H,30,34)(H,32,35). The summed E-state index contributed by atoms with van der Waals surface area (Å²) in [5.74, 6) is 0.680. The van der Waals surface area contributed by atoms with Crippen LogP contribution in [-0.4, -0.2) is 21.8 Å². The number of benzene rings is 3. The van der Waals surface area contributed by atoms with Gasteiger partial charge in [-0.1, -0.05) is 48.5 Å². The third kappa shape index (κ3) is 4.77. The number of nitrogens with zero attached hydrogens (tertiary/aromatic N) is 1. The molecule has 3 aromatic carbocycles. The zero-order valence-corrected chi connectivity index (χ0v) is 20.1. The summed E-state index contributed by atoms with van der Waals surface area (Å²) >= 11 is 0. The van der Waals surface area contributed by atoms with Crippen molar-refractivity contribution in [2.75, 3.05) is 5.32 Å². The summed E-state index contributed by atoms with van der Waals surface area (Å²) in [5.41, 5.74) is 5.45. The van der Waals surface area contributed by atoms with E-state index >= 15 is 0 Å². The highest BCUT2D eigenvalue weighted by Gasteiger charge is 2.18. The van der Waals surface area contributed by atoms with Crippen LogP contribution in [0.1, 0.15) is 33.1 Å². The molecule has 2 heterocycles. The largest absolute Gasteiger partial charge is 0.441 e. The number of carbonyl (C=O) groups excluding carboxylic acids is 2. The van der Waals surface area contributed by atoms with Crippen LogP contribution in [0, 0.1) is 13.8 Å².